The van der Waals surface area contributed by atoms with Crippen molar-refractivity contribution >= 4 is 33.4 Å². The van der Waals surface area contributed by atoms with Crippen LogP contribution in [0.1, 0.15) is 37.8 Å². The van der Waals surface area contributed by atoms with Gasteiger partial charge in [-0.1, -0.05) is 38.4 Å². The highest BCUT2D eigenvalue weighted by Gasteiger charge is 2.51. The normalized spacial score (nSPS) is 23.4. The molecule has 0 fully saturated rings. The number of rotatable bonds is 1. The Labute approximate surface area is 153 Å². The Morgan fingerprint density at radius 2 is 1.96 bits per heavy atom. The van der Waals surface area contributed by atoms with Gasteiger partial charge in [0.2, 0.25) is 10.0 Å². The van der Waals surface area contributed by atoms with E-state index in [0.717, 1.165) is 11.1 Å². The first-order valence-electron chi connectivity index (χ1n) is 8.21. The van der Waals surface area contributed by atoms with Crippen LogP contribution in [0.3, 0.4) is 0 Å². The van der Waals surface area contributed by atoms with Crippen LogP contribution in [0.5, 0.6) is 0 Å². The zero-order valence-electron chi connectivity index (χ0n) is 14.8. The molecule has 0 saturated carbocycles. The average molecular weight is 387 g/mol. The molecule has 25 heavy (non-hydrogen) atoms. The van der Waals surface area contributed by atoms with Crippen molar-refractivity contribution in [2.45, 2.75) is 39.2 Å². The lowest BCUT2D eigenvalue weighted by molar-refractivity contribution is 0.139. The molecule has 1 amide bonds. The van der Waals surface area contributed by atoms with Crippen molar-refractivity contribution in [3.8, 4) is 0 Å². The van der Waals surface area contributed by atoms with Crippen molar-refractivity contribution in [1.29, 1.82) is 0 Å². The van der Waals surface area contributed by atoms with E-state index in [1.807, 2.05) is 26.8 Å². The maximum atomic E-state index is 12.6. The van der Waals surface area contributed by atoms with Gasteiger partial charge in [0.1, 0.15) is 0 Å². The van der Waals surface area contributed by atoms with E-state index < -0.39 is 22.2 Å². The third kappa shape index (κ3) is 2.97. The van der Waals surface area contributed by atoms with Gasteiger partial charge in [-0.2, -0.15) is 0 Å². The quantitative estimate of drug-likeness (QED) is 0.804. The summed E-state index contributed by atoms with van der Waals surface area (Å²) < 4.78 is 26.7. The molecule has 0 aromatic heterocycles. The summed E-state index contributed by atoms with van der Waals surface area (Å²) in [7, 11) is -3.57. The van der Waals surface area contributed by atoms with Crippen LogP contribution in [-0.2, 0) is 16.4 Å². The van der Waals surface area contributed by atoms with Crippen LogP contribution in [0.25, 0.3) is 0 Å². The van der Waals surface area contributed by atoms with Gasteiger partial charge in [-0.25, -0.2) is 13.2 Å². The molecule has 138 valence electrons. The van der Waals surface area contributed by atoms with Gasteiger partial charge in [0.25, 0.3) is 0 Å². The van der Waals surface area contributed by atoms with E-state index in [1.54, 1.807) is 6.07 Å². The Bertz CT molecular complexity index is 832. The molecule has 2 aliphatic heterocycles. The molecule has 0 radical (unpaired) electrons. The summed E-state index contributed by atoms with van der Waals surface area (Å²) in [6.07, 6.45) is 0.754. The van der Waals surface area contributed by atoms with E-state index in [1.165, 1.54) is 15.5 Å². The van der Waals surface area contributed by atoms with Crippen LogP contribution in [0.4, 0.5) is 10.5 Å². The van der Waals surface area contributed by atoms with Crippen molar-refractivity contribution in [2.75, 3.05) is 23.7 Å². The number of carbonyl (C=O) groups is 1. The van der Waals surface area contributed by atoms with Crippen LogP contribution < -0.4 is 4.31 Å². The highest BCUT2D eigenvalue weighted by atomic mass is 35.5. The number of hydrogen-bond donors (Lipinski definition) is 1. The minimum atomic E-state index is -3.57. The van der Waals surface area contributed by atoms with Gasteiger partial charge in [0.05, 0.1) is 23.0 Å². The standard InChI is InChI=1S/C17H23ClN2O4S/c1-17(2,3)15-11-9-19(16(21)22)8-7-10-5-6-12(18)14(13(10)11)20(15)25(4,23)24/h5-6,11,15H,7-9H2,1-4H3,(H,21,22)/t11-,15?/m1/s1. The predicted molar refractivity (Wildman–Crippen MR) is 98.1 cm³/mol. The first-order chi connectivity index (χ1) is 11.4. The number of anilines is 1. The number of carboxylic acid groups (broad SMARTS) is 1. The van der Waals surface area contributed by atoms with E-state index in [-0.39, 0.29) is 17.9 Å². The molecule has 0 saturated heterocycles. The third-order valence-electron chi connectivity index (χ3n) is 5.07. The first-order valence-corrected chi connectivity index (χ1v) is 10.4. The van der Waals surface area contributed by atoms with Crippen LogP contribution in [0.2, 0.25) is 5.02 Å². The summed E-state index contributed by atoms with van der Waals surface area (Å²) in [5.41, 5.74) is 2.01. The predicted octanol–water partition coefficient (Wildman–Crippen LogP) is 3.15. The van der Waals surface area contributed by atoms with Gasteiger partial charge in [-0.05, 0) is 29.0 Å². The SMILES string of the molecule is CC(C)(C)C1[C@@H]2CN(C(=O)O)CCc3ccc(Cl)c(c32)N1S(C)(=O)=O. The fourth-order valence-corrected chi connectivity index (χ4v) is 5.93. The minimum Gasteiger partial charge on any atom is -0.465 e. The fraction of sp³-hybridized carbons (Fsp3) is 0.588. The molecule has 0 spiro atoms. The molecule has 1 N–H and O–H groups in total. The average Bonchev–Trinajstić information content (AvgIpc) is 2.70. The highest BCUT2D eigenvalue weighted by Crippen LogP contribution is 2.53. The minimum absolute atomic E-state index is 0.239. The lowest BCUT2D eigenvalue weighted by Gasteiger charge is -2.39. The van der Waals surface area contributed by atoms with Crippen molar-refractivity contribution < 1.29 is 18.3 Å². The summed E-state index contributed by atoms with van der Waals surface area (Å²) in [5, 5.41) is 9.90. The molecule has 8 heteroatoms. The molecule has 2 heterocycles. The zero-order chi connectivity index (χ0) is 18.7. The number of hydrogen-bond acceptors (Lipinski definition) is 3. The maximum Gasteiger partial charge on any atom is 0.407 e. The summed E-state index contributed by atoms with van der Waals surface area (Å²) in [5.74, 6) is -0.239. The summed E-state index contributed by atoms with van der Waals surface area (Å²) >= 11 is 6.42. The van der Waals surface area contributed by atoms with Crippen LogP contribution in [-0.4, -0.2) is 49.9 Å². The Morgan fingerprint density at radius 3 is 2.48 bits per heavy atom. The first kappa shape index (κ1) is 18.3. The molecule has 1 unspecified atom stereocenters. The molecule has 3 rings (SSSR count). The smallest absolute Gasteiger partial charge is 0.407 e. The van der Waals surface area contributed by atoms with E-state index in [0.29, 0.717) is 23.7 Å². The second-order valence-electron chi connectivity index (χ2n) is 7.92. The van der Waals surface area contributed by atoms with E-state index in [9.17, 15) is 18.3 Å². The lowest BCUT2D eigenvalue weighted by Crippen LogP contribution is -2.49. The molecular weight excluding hydrogens is 364 g/mol. The number of benzene rings is 1. The van der Waals surface area contributed by atoms with Crippen LogP contribution in [0, 0.1) is 5.41 Å². The second-order valence-corrected chi connectivity index (χ2v) is 10.2. The topological polar surface area (TPSA) is 77.9 Å². The molecular formula is C17H23ClN2O4S. The summed E-state index contributed by atoms with van der Waals surface area (Å²) in [6, 6.07) is 3.22. The van der Waals surface area contributed by atoms with Crippen molar-refractivity contribution in [3.63, 3.8) is 0 Å². The summed E-state index contributed by atoms with van der Waals surface area (Å²) in [4.78, 5) is 13.0. The zero-order valence-corrected chi connectivity index (χ0v) is 16.4. The molecule has 1 aromatic carbocycles. The Kier molecular flexibility index (Phi) is 4.23. The maximum absolute atomic E-state index is 12.6. The molecule has 6 nitrogen and oxygen atoms in total. The number of sulfonamides is 1. The summed E-state index contributed by atoms with van der Waals surface area (Å²) in [6.45, 7) is 6.60. The van der Waals surface area contributed by atoms with Crippen molar-refractivity contribution in [3.05, 3.63) is 28.3 Å². The van der Waals surface area contributed by atoms with E-state index in [2.05, 4.69) is 0 Å². The molecule has 2 aliphatic rings. The number of amides is 1. The molecule has 0 bridgehead atoms. The van der Waals surface area contributed by atoms with E-state index in [4.69, 9.17) is 11.6 Å². The van der Waals surface area contributed by atoms with Crippen LogP contribution >= 0.6 is 11.6 Å². The van der Waals surface area contributed by atoms with Crippen molar-refractivity contribution in [1.82, 2.24) is 4.90 Å². The lowest BCUT2D eigenvalue weighted by atomic mass is 9.77. The van der Waals surface area contributed by atoms with Crippen LogP contribution in [0.15, 0.2) is 12.1 Å². The molecule has 2 atom stereocenters. The van der Waals surface area contributed by atoms with Gasteiger partial charge in [0, 0.05) is 19.0 Å². The van der Waals surface area contributed by atoms with Crippen molar-refractivity contribution in [2.24, 2.45) is 5.41 Å². The number of halogens is 1. The van der Waals surface area contributed by atoms with Gasteiger partial charge in [0.15, 0.2) is 0 Å². The van der Waals surface area contributed by atoms with Gasteiger partial charge < -0.3 is 10.0 Å². The number of nitrogens with zero attached hydrogens (tertiary/aromatic N) is 2. The third-order valence-corrected chi connectivity index (χ3v) is 6.50. The second kappa shape index (κ2) is 5.77. The highest BCUT2D eigenvalue weighted by molar-refractivity contribution is 7.92. The molecule has 1 aromatic rings. The molecule has 0 aliphatic carbocycles. The van der Waals surface area contributed by atoms with Gasteiger partial charge >= 0.3 is 6.09 Å². The van der Waals surface area contributed by atoms with Gasteiger partial charge in [-0.15, -0.1) is 0 Å². The Morgan fingerprint density at radius 1 is 1.32 bits per heavy atom. The van der Waals surface area contributed by atoms with E-state index >= 15 is 0 Å². The monoisotopic (exact) mass is 386 g/mol. The fourth-order valence-electron chi connectivity index (χ4n) is 4.22. The van der Waals surface area contributed by atoms with Gasteiger partial charge in [-0.3, -0.25) is 4.31 Å². The Hall–Kier alpha value is -1.47. The Balaban J connectivity index is 2.30. The largest absolute Gasteiger partial charge is 0.465 e.